The minimum absolute atomic E-state index is 0.00309. The van der Waals surface area contributed by atoms with E-state index in [0.29, 0.717) is 5.52 Å². The third kappa shape index (κ3) is 5.20. The Kier molecular flexibility index (Phi) is 5.26. The van der Waals surface area contributed by atoms with Crippen molar-refractivity contribution in [3.63, 3.8) is 0 Å². The minimum Gasteiger partial charge on any atom is -0.444 e. The van der Waals surface area contributed by atoms with Crippen LogP contribution in [0.3, 0.4) is 0 Å². The van der Waals surface area contributed by atoms with Gasteiger partial charge in [-0.05, 0) is 32.9 Å². The number of rotatable bonds is 4. The van der Waals surface area contributed by atoms with Gasteiger partial charge in [-0.2, -0.15) is 0 Å². The lowest BCUT2D eigenvalue weighted by atomic mass is 10.2. The molecule has 0 saturated carbocycles. The number of aromatic nitrogens is 2. The first-order chi connectivity index (χ1) is 11.7. The van der Waals surface area contributed by atoms with Gasteiger partial charge in [-0.3, -0.25) is 14.6 Å². The fraction of sp³-hybridized carbons (Fsp3) is 0.375. The second-order valence-electron chi connectivity index (χ2n) is 6.36. The predicted molar refractivity (Wildman–Crippen MR) is 92.7 cm³/mol. The summed E-state index contributed by atoms with van der Waals surface area (Å²) in [5.41, 5.74) is -1.24. The summed E-state index contributed by atoms with van der Waals surface area (Å²) in [5.74, 6) is -0.394. The first kappa shape index (κ1) is 18.2. The molecule has 0 unspecified atom stereocenters. The maximum absolute atomic E-state index is 12.0. The standard InChI is InChI=1S/C16H20N4O5/c1-16(2,3)25-15(24)17-8-7-11(21)18-9-5-4-6-10-12(9)13(22)20-14(23)19-10/h4-6H,7-8H2,1-3H3,(H,17,24)(H,18,21)(H2,19,20,22,23). The highest BCUT2D eigenvalue weighted by Crippen LogP contribution is 2.17. The zero-order valence-electron chi connectivity index (χ0n) is 14.2. The number of aromatic amines is 2. The van der Waals surface area contributed by atoms with Gasteiger partial charge in [0.15, 0.2) is 0 Å². The van der Waals surface area contributed by atoms with E-state index in [1.54, 1.807) is 39.0 Å². The summed E-state index contributed by atoms with van der Waals surface area (Å²) >= 11 is 0. The summed E-state index contributed by atoms with van der Waals surface area (Å²) in [6.07, 6.45) is -0.615. The number of carbonyl (C=O) groups excluding carboxylic acids is 2. The molecule has 134 valence electrons. The summed E-state index contributed by atoms with van der Waals surface area (Å²) in [6.45, 7) is 5.30. The van der Waals surface area contributed by atoms with Crippen molar-refractivity contribution in [3.05, 3.63) is 39.0 Å². The molecule has 0 fully saturated rings. The molecule has 0 saturated heterocycles. The summed E-state index contributed by atoms with van der Waals surface area (Å²) in [4.78, 5) is 51.4. The number of amides is 2. The Hall–Kier alpha value is -3.10. The lowest BCUT2D eigenvalue weighted by Crippen LogP contribution is -2.34. The fourth-order valence-electron chi connectivity index (χ4n) is 2.13. The Balaban J connectivity index is 2.00. The first-order valence-electron chi connectivity index (χ1n) is 7.68. The van der Waals surface area contributed by atoms with Gasteiger partial charge in [0.25, 0.3) is 5.56 Å². The van der Waals surface area contributed by atoms with E-state index in [-0.39, 0.29) is 24.0 Å². The van der Waals surface area contributed by atoms with Crippen LogP contribution in [0.1, 0.15) is 27.2 Å². The fourth-order valence-corrected chi connectivity index (χ4v) is 2.13. The second kappa shape index (κ2) is 7.20. The summed E-state index contributed by atoms with van der Waals surface area (Å²) in [7, 11) is 0. The number of nitrogens with one attached hydrogen (secondary N) is 4. The number of alkyl carbamates (subject to hydrolysis) is 1. The first-order valence-corrected chi connectivity index (χ1v) is 7.68. The molecule has 9 heteroatoms. The molecule has 4 N–H and O–H groups in total. The van der Waals surface area contributed by atoms with Crippen LogP contribution in [0, 0.1) is 0 Å². The van der Waals surface area contributed by atoms with Gasteiger partial charge in [0.1, 0.15) is 5.60 Å². The van der Waals surface area contributed by atoms with Gasteiger partial charge in [0, 0.05) is 13.0 Å². The number of benzene rings is 1. The van der Waals surface area contributed by atoms with Crippen LogP contribution < -0.4 is 21.9 Å². The zero-order chi connectivity index (χ0) is 18.6. The molecule has 25 heavy (non-hydrogen) atoms. The van der Waals surface area contributed by atoms with Crippen molar-refractivity contribution in [1.29, 1.82) is 0 Å². The topological polar surface area (TPSA) is 133 Å². The molecule has 0 spiro atoms. The normalized spacial score (nSPS) is 11.2. The van der Waals surface area contributed by atoms with Gasteiger partial charge in [0.2, 0.25) is 5.91 Å². The van der Waals surface area contributed by atoms with Crippen LogP contribution in [0.2, 0.25) is 0 Å². The van der Waals surface area contributed by atoms with E-state index < -0.39 is 28.9 Å². The number of carbonyl (C=O) groups is 2. The molecular formula is C16H20N4O5. The van der Waals surface area contributed by atoms with Gasteiger partial charge in [0.05, 0.1) is 16.6 Å². The van der Waals surface area contributed by atoms with Crippen molar-refractivity contribution in [3.8, 4) is 0 Å². The highest BCUT2D eigenvalue weighted by molar-refractivity contribution is 6.00. The Morgan fingerprint density at radius 3 is 2.56 bits per heavy atom. The largest absolute Gasteiger partial charge is 0.444 e. The lowest BCUT2D eigenvalue weighted by molar-refractivity contribution is -0.116. The van der Waals surface area contributed by atoms with E-state index in [1.165, 1.54) is 0 Å². The van der Waals surface area contributed by atoms with Crippen molar-refractivity contribution >= 4 is 28.6 Å². The van der Waals surface area contributed by atoms with E-state index >= 15 is 0 Å². The van der Waals surface area contributed by atoms with Crippen LogP contribution in [0.4, 0.5) is 10.5 Å². The van der Waals surface area contributed by atoms with E-state index in [2.05, 4.69) is 20.6 Å². The van der Waals surface area contributed by atoms with E-state index in [0.717, 1.165) is 0 Å². The number of fused-ring (bicyclic) bond motifs is 1. The maximum atomic E-state index is 12.0. The number of hydrogen-bond acceptors (Lipinski definition) is 5. The highest BCUT2D eigenvalue weighted by atomic mass is 16.6. The molecule has 0 aliphatic carbocycles. The van der Waals surface area contributed by atoms with Gasteiger partial charge >= 0.3 is 11.8 Å². The molecular weight excluding hydrogens is 328 g/mol. The second-order valence-corrected chi connectivity index (χ2v) is 6.36. The van der Waals surface area contributed by atoms with Crippen molar-refractivity contribution in [1.82, 2.24) is 15.3 Å². The van der Waals surface area contributed by atoms with Crippen LogP contribution in [0.15, 0.2) is 27.8 Å². The minimum atomic E-state index is -0.623. The smallest absolute Gasteiger partial charge is 0.407 e. The van der Waals surface area contributed by atoms with Gasteiger partial charge in [-0.15, -0.1) is 0 Å². The molecule has 0 bridgehead atoms. The average Bonchev–Trinajstić information content (AvgIpc) is 2.44. The average molecular weight is 348 g/mol. The molecule has 2 amide bonds. The van der Waals surface area contributed by atoms with Crippen molar-refractivity contribution in [2.75, 3.05) is 11.9 Å². The van der Waals surface area contributed by atoms with Gasteiger partial charge in [-0.25, -0.2) is 9.59 Å². The summed E-state index contributed by atoms with van der Waals surface area (Å²) in [6, 6.07) is 4.72. The third-order valence-electron chi connectivity index (χ3n) is 3.06. The molecule has 0 aliphatic heterocycles. The van der Waals surface area contributed by atoms with Crippen molar-refractivity contribution in [2.45, 2.75) is 32.8 Å². The number of H-pyrrole nitrogens is 2. The Morgan fingerprint density at radius 2 is 1.88 bits per heavy atom. The van der Waals surface area contributed by atoms with Crippen LogP contribution >= 0.6 is 0 Å². The van der Waals surface area contributed by atoms with Gasteiger partial charge in [-0.1, -0.05) is 6.07 Å². The van der Waals surface area contributed by atoms with Crippen LogP contribution in [0.25, 0.3) is 10.9 Å². The Labute approximate surface area is 142 Å². The molecule has 1 aromatic carbocycles. The molecule has 0 radical (unpaired) electrons. The van der Waals surface area contributed by atoms with E-state index in [9.17, 15) is 19.2 Å². The third-order valence-corrected chi connectivity index (χ3v) is 3.06. The highest BCUT2D eigenvalue weighted by Gasteiger charge is 2.16. The van der Waals surface area contributed by atoms with E-state index in [1.807, 2.05) is 0 Å². The summed E-state index contributed by atoms with van der Waals surface area (Å²) in [5, 5.41) is 5.25. The zero-order valence-corrected chi connectivity index (χ0v) is 14.2. The molecule has 0 atom stereocenters. The predicted octanol–water partition coefficient (Wildman–Crippen LogP) is 1.07. The quantitative estimate of drug-likeness (QED) is 0.656. The SMILES string of the molecule is CC(C)(C)OC(=O)NCCC(=O)Nc1cccc2[nH]c(=O)[nH]c(=O)c12. The molecule has 9 nitrogen and oxygen atoms in total. The monoisotopic (exact) mass is 348 g/mol. The van der Waals surface area contributed by atoms with Crippen molar-refractivity contribution < 1.29 is 14.3 Å². The molecule has 2 aromatic rings. The molecule has 0 aliphatic rings. The van der Waals surface area contributed by atoms with Crippen molar-refractivity contribution in [2.24, 2.45) is 0 Å². The lowest BCUT2D eigenvalue weighted by Gasteiger charge is -2.19. The number of ether oxygens (including phenoxy) is 1. The Morgan fingerprint density at radius 1 is 1.16 bits per heavy atom. The van der Waals surface area contributed by atoms with E-state index in [4.69, 9.17) is 4.74 Å². The van der Waals surface area contributed by atoms with Crippen LogP contribution in [0.5, 0.6) is 0 Å². The summed E-state index contributed by atoms with van der Waals surface area (Å²) < 4.78 is 5.06. The Bertz CT molecular complexity index is 907. The number of hydrogen-bond donors (Lipinski definition) is 4. The van der Waals surface area contributed by atoms with Gasteiger partial charge < -0.3 is 20.4 Å². The maximum Gasteiger partial charge on any atom is 0.407 e. The molecule has 1 heterocycles. The molecule has 2 rings (SSSR count). The van der Waals surface area contributed by atoms with Crippen LogP contribution in [-0.2, 0) is 9.53 Å². The number of anilines is 1. The van der Waals surface area contributed by atoms with Crippen LogP contribution in [-0.4, -0.2) is 34.1 Å². The molecule has 1 aromatic heterocycles.